The number of carbonyl (C=O) groups is 5. The smallest absolute Gasteiger partial charge is 0.461 e. The maximum atomic E-state index is 13.7. The van der Waals surface area contributed by atoms with Gasteiger partial charge in [-0.3, -0.25) is 24.0 Å². The molecular weight excluding hydrogens is 619 g/mol. The Bertz CT molecular complexity index is 1260. The molecule has 2 aliphatic heterocycles. The fourth-order valence-electron chi connectivity index (χ4n) is 5.56. The lowest BCUT2D eigenvalue weighted by Gasteiger charge is -2.34. The van der Waals surface area contributed by atoms with Crippen molar-refractivity contribution in [3.63, 3.8) is 0 Å². The number of hydrogen-bond acceptors (Lipinski definition) is 6. The molecule has 1 aromatic carbocycles. The van der Waals surface area contributed by atoms with E-state index in [1.165, 1.54) is 12.0 Å². The molecule has 10 nitrogen and oxygen atoms in total. The molecule has 5 atom stereocenters. The second-order valence-corrected chi connectivity index (χ2v) is 11.8. The number of ketones is 1. The topological polar surface area (TPSA) is 134 Å². The van der Waals surface area contributed by atoms with Gasteiger partial charge in [-0.05, 0) is 49.3 Å². The monoisotopic (exact) mass is 660 g/mol. The summed E-state index contributed by atoms with van der Waals surface area (Å²) in [6.45, 7) is 3.96. The second kappa shape index (κ2) is 15.7. The number of methoxy groups -OCH3 is 1. The van der Waals surface area contributed by atoms with Gasteiger partial charge in [0.2, 0.25) is 29.4 Å². The number of unbranched alkanes of at least 4 members (excludes halogenated alkanes) is 2. The third-order valence-corrected chi connectivity index (χ3v) is 8.58. The van der Waals surface area contributed by atoms with Gasteiger partial charge in [-0.2, -0.15) is 22.0 Å². The first kappa shape index (κ1) is 36.7. The van der Waals surface area contributed by atoms with Crippen LogP contribution in [0.15, 0.2) is 24.3 Å². The summed E-state index contributed by atoms with van der Waals surface area (Å²) in [4.78, 5) is 67.3. The number of ether oxygens (including phenoxy) is 1. The standard InChI is InChI=1S/C31H41F5N4O6/c1-4-18(2)25-29(45)40-16-8-10-23(40)28(44)37-21(9-6-5-7-11-24(41)30(32,33)31(34,35)36)26(42)38-22(27(43)39-25)17-19-12-14-20(46-3)15-13-19/h12-15,18,21-23,25H,4-11,16-17H2,1-3H3,(H,37,44)(H,38,42)(H,39,43)/t18?,21-,22+,23+,25-/m0/s1. The first-order chi connectivity index (χ1) is 21.6. The molecular formula is C31H41F5N4O6. The number of amides is 4. The number of rotatable bonds is 12. The highest BCUT2D eigenvalue weighted by molar-refractivity contribution is 5.98. The maximum Gasteiger partial charge on any atom is 0.461 e. The summed E-state index contributed by atoms with van der Waals surface area (Å²) in [5, 5.41) is 8.15. The van der Waals surface area contributed by atoms with E-state index in [4.69, 9.17) is 4.74 Å². The number of nitrogens with zero attached hydrogens (tertiary/aromatic N) is 1. The van der Waals surface area contributed by atoms with E-state index in [0.29, 0.717) is 30.6 Å². The van der Waals surface area contributed by atoms with Crippen molar-refractivity contribution in [3.05, 3.63) is 29.8 Å². The maximum absolute atomic E-state index is 13.7. The average molecular weight is 661 g/mol. The Morgan fingerprint density at radius 2 is 1.57 bits per heavy atom. The van der Waals surface area contributed by atoms with Gasteiger partial charge in [-0.25, -0.2) is 0 Å². The van der Waals surface area contributed by atoms with Crippen LogP contribution in [0.5, 0.6) is 5.75 Å². The van der Waals surface area contributed by atoms with Crippen molar-refractivity contribution >= 4 is 29.4 Å². The fourth-order valence-corrected chi connectivity index (χ4v) is 5.56. The van der Waals surface area contributed by atoms with E-state index in [-0.39, 0.29) is 44.6 Å². The first-order valence-corrected chi connectivity index (χ1v) is 15.4. The van der Waals surface area contributed by atoms with Crippen molar-refractivity contribution in [1.29, 1.82) is 0 Å². The zero-order valence-corrected chi connectivity index (χ0v) is 26.1. The van der Waals surface area contributed by atoms with Crippen LogP contribution in [0.4, 0.5) is 22.0 Å². The minimum atomic E-state index is -5.99. The van der Waals surface area contributed by atoms with Crippen LogP contribution < -0.4 is 20.7 Å². The Morgan fingerprint density at radius 1 is 0.935 bits per heavy atom. The van der Waals surface area contributed by atoms with Gasteiger partial charge in [0.05, 0.1) is 7.11 Å². The number of Topliss-reactive ketones (excluding diaryl/α,β-unsaturated/α-hetero) is 1. The minimum Gasteiger partial charge on any atom is -0.497 e. The van der Waals surface area contributed by atoms with E-state index in [1.807, 2.05) is 13.8 Å². The SMILES string of the molecule is CCC(C)[C@@H]1NC(=O)[C@@H](Cc2ccc(OC)cc2)NC(=O)[C@H](CCCCCC(=O)C(F)(F)C(F)(F)F)NC(=O)[C@H]2CCCN2C1=O. The van der Waals surface area contributed by atoms with Crippen LogP contribution in [0, 0.1) is 5.92 Å². The summed E-state index contributed by atoms with van der Waals surface area (Å²) >= 11 is 0. The van der Waals surface area contributed by atoms with Crippen molar-refractivity contribution in [2.75, 3.05) is 13.7 Å². The van der Waals surface area contributed by atoms with E-state index >= 15 is 0 Å². The number of alkyl halides is 5. The number of halogens is 5. The summed E-state index contributed by atoms with van der Waals surface area (Å²) in [6.07, 6.45) is -5.81. The van der Waals surface area contributed by atoms with Gasteiger partial charge in [0.1, 0.15) is 29.9 Å². The average Bonchev–Trinajstić information content (AvgIpc) is 3.51. The van der Waals surface area contributed by atoms with Gasteiger partial charge in [-0.15, -0.1) is 0 Å². The van der Waals surface area contributed by atoms with Crippen molar-refractivity contribution in [1.82, 2.24) is 20.9 Å². The fraction of sp³-hybridized carbons (Fsp3) is 0.645. The van der Waals surface area contributed by atoms with Crippen molar-refractivity contribution in [3.8, 4) is 5.75 Å². The van der Waals surface area contributed by atoms with E-state index in [2.05, 4.69) is 16.0 Å². The highest BCUT2D eigenvalue weighted by Crippen LogP contribution is 2.37. The molecule has 2 saturated heterocycles. The largest absolute Gasteiger partial charge is 0.497 e. The van der Waals surface area contributed by atoms with Crippen molar-refractivity contribution in [2.24, 2.45) is 5.92 Å². The van der Waals surface area contributed by atoms with Crippen molar-refractivity contribution < 1.29 is 50.7 Å². The molecule has 1 aromatic rings. The molecule has 2 heterocycles. The molecule has 46 heavy (non-hydrogen) atoms. The molecule has 1 unspecified atom stereocenters. The lowest BCUT2D eigenvalue weighted by molar-refractivity contribution is -0.268. The predicted molar refractivity (Wildman–Crippen MR) is 156 cm³/mol. The molecule has 256 valence electrons. The van der Waals surface area contributed by atoms with Crippen molar-refractivity contribution in [2.45, 2.75) is 108 Å². The molecule has 15 heteroatoms. The summed E-state index contributed by atoms with van der Waals surface area (Å²) in [6, 6.07) is 2.59. The van der Waals surface area contributed by atoms with Crippen LogP contribution in [0.2, 0.25) is 0 Å². The molecule has 0 bridgehead atoms. The summed E-state index contributed by atoms with van der Waals surface area (Å²) in [7, 11) is 1.50. The van der Waals surface area contributed by atoms with Crippen LogP contribution in [0.3, 0.4) is 0 Å². The quantitative estimate of drug-likeness (QED) is 0.232. The number of hydrogen-bond donors (Lipinski definition) is 3. The molecule has 0 aliphatic carbocycles. The molecule has 2 aliphatic rings. The number of nitrogens with one attached hydrogen (secondary N) is 3. The summed E-state index contributed by atoms with van der Waals surface area (Å²) < 4.78 is 69.2. The van der Waals surface area contributed by atoms with Gasteiger partial charge in [0.25, 0.3) is 0 Å². The van der Waals surface area contributed by atoms with Gasteiger partial charge < -0.3 is 25.6 Å². The van der Waals surface area contributed by atoms with Gasteiger partial charge >= 0.3 is 12.1 Å². The molecule has 0 aromatic heterocycles. The molecule has 0 radical (unpaired) electrons. The Balaban J connectivity index is 1.82. The predicted octanol–water partition coefficient (Wildman–Crippen LogP) is 3.46. The molecule has 0 saturated carbocycles. The van der Waals surface area contributed by atoms with Crippen LogP contribution in [0.1, 0.15) is 70.8 Å². The van der Waals surface area contributed by atoms with E-state index in [1.54, 1.807) is 24.3 Å². The molecule has 3 rings (SSSR count). The number of benzene rings is 1. The minimum absolute atomic E-state index is 0.0136. The Hall–Kier alpha value is -3.78. The third-order valence-electron chi connectivity index (χ3n) is 8.58. The zero-order valence-electron chi connectivity index (χ0n) is 26.1. The van der Waals surface area contributed by atoms with Crippen LogP contribution >= 0.6 is 0 Å². The van der Waals surface area contributed by atoms with E-state index in [9.17, 15) is 45.9 Å². The molecule has 0 spiro atoms. The van der Waals surface area contributed by atoms with Crippen LogP contribution in [-0.2, 0) is 30.4 Å². The second-order valence-electron chi connectivity index (χ2n) is 11.8. The Kier molecular flexibility index (Phi) is 12.5. The van der Waals surface area contributed by atoms with E-state index < -0.39 is 72.1 Å². The van der Waals surface area contributed by atoms with Gasteiger partial charge in [0.15, 0.2) is 0 Å². The molecule has 3 N–H and O–H groups in total. The Labute approximate surface area is 264 Å². The molecule has 2 fully saturated rings. The van der Waals surface area contributed by atoms with Crippen LogP contribution in [-0.4, -0.2) is 84.2 Å². The summed E-state index contributed by atoms with van der Waals surface area (Å²) in [5.74, 6) is -9.70. The van der Waals surface area contributed by atoms with Gasteiger partial charge in [-0.1, -0.05) is 45.2 Å². The highest BCUT2D eigenvalue weighted by atomic mass is 19.4. The zero-order chi connectivity index (χ0) is 34.2. The van der Waals surface area contributed by atoms with Gasteiger partial charge in [0, 0.05) is 19.4 Å². The summed E-state index contributed by atoms with van der Waals surface area (Å²) in [5.41, 5.74) is 0.667. The third kappa shape index (κ3) is 8.93. The Morgan fingerprint density at radius 3 is 2.17 bits per heavy atom. The highest BCUT2D eigenvalue weighted by Gasteiger charge is 2.62. The first-order valence-electron chi connectivity index (χ1n) is 15.4. The van der Waals surface area contributed by atoms with E-state index in [0.717, 1.165) is 0 Å². The lowest BCUT2D eigenvalue weighted by atomic mass is 9.95. The lowest BCUT2D eigenvalue weighted by Crippen LogP contribution is -2.62. The molecule has 4 amide bonds. The normalized spacial score (nSPS) is 23.8. The number of fused-ring (bicyclic) bond motifs is 1. The number of carbonyl (C=O) groups excluding carboxylic acids is 5. The van der Waals surface area contributed by atoms with Crippen LogP contribution in [0.25, 0.3) is 0 Å².